The first-order chi connectivity index (χ1) is 14.7. The lowest BCUT2D eigenvalue weighted by Gasteiger charge is -2.18. The van der Waals surface area contributed by atoms with Gasteiger partial charge in [0.05, 0.1) is 19.3 Å². The fourth-order valence-corrected chi connectivity index (χ4v) is 3.89. The van der Waals surface area contributed by atoms with Crippen molar-refractivity contribution < 1.29 is 4.79 Å². The van der Waals surface area contributed by atoms with Crippen LogP contribution in [-0.2, 0) is 17.9 Å². The molecule has 1 amide bonds. The molecular formula is C24H29N5O. The van der Waals surface area contributed by atoms with Crippen LogP contribution in [0, 0.1) is 0 Å². The van der Waals surface area contributed by atoms with E-state index in [1.165, 1.54) is 24.1 Å². The van der Waals surface area contributed by atoms with Crippen molar-refractivity contribution in [3.05, 3.63) is 78.1 Å². The molecule has 1 aliphatic heterocycles. The molecule has 1 saturated heterocycles. The maximum Gasteiger partial charge on any atom is 0.238 e. The van der Waals surface area contributed by atoms with Gasteiger partial charge in [-0.2, -0.15) is 5.10 Å². The minimum Gasteiger partial charge on any atom is -0.372 e. The predicted octanol–water partition coefficient (Wildman–Crippen LogP) is 3.60. The Hall–Kier alpha value is -3.12. The molecule has 1 aliphatic rings. The molecule has 4 rings (SSSR count). The molecule has 2 heterocycles. The first kappa shape index (κ1) is 20.2. The topological polar surface area (TPSA) is 53.4 Å². The lowest BCUT2D eigenvalue weighted by atomic mass is 10.2. The number of amides is 1. The highest BCUT2D eigenvalue weighted by Gasteiger charge is 2.13. The highest BCUT2D eigenvalue weighted by atomic mass is 16.2. The number of hydrogen-bond acceptors (Lipinski definition) is 4. The van der Waals surface area contributed by atoms with Crippen molar-refractivity contribution >= 4 is 17.3 Å². The molecule has 1 fully saturated rings. The number of hydrogen-bond donors (Lipinski definition) is 1. The lowest BCUT2D eigenvalue weighted by Crippen LogP contribution is -2.29. The molecule has 1 aromatic heterocycles. The third-order valence-corrected chi connectivity index (χ3v) is 5.36. The summed E-state index contributed by atoms with van der Waals surface area (Å²) in [6.07, 6.45) is 6.43. The largest absolute Gasteiger partial charge is 0.372 e. The van der Waals surface area contributed by atoms with Crippen molar-refractivity contribution in [1.82, 2.24) is 14.7 Å². The zero-order valence-electron chi connectivity index (χ0n) is 17.5. The molecule has 6 heteroatoms. The Labute approximate surface area is 178 Å². The van der Waals surface area contributed by atoms with Gasteiger partial charge in [0, 0.05) is 42.8 Å². The summed E-state index contributed by atoms with van der Waals surface area (Å²) in [7, 11) is 1.95. The van der Waals surface area contributed by atoms with Crippen LogP contribution in [0.25, 0.3) is 0 Å². The van der Waals surface area contributed by atoms with Crippen LogP contribution in [0.5, 0.6) is 0 Å². The van der Waals surface area contributed by atoms with Crippen LogP contribution in [0.3, 0.4) is 0 Å². The summed E-state index contributed by atoms with van der Waals surface area (Å²) < 4.78 is 1.93. The molecule has 0 unspecified atom stereocenters. The molecule has 6 nitrogen and oxygen atoms in total. The van der Waals surface area contributed by atoms with E-state index in [4.69, 9.17) is 0 Å². The number of anilines is 2. The summed E-state index contributed by atoms with van der Waals surface area (Å²) in [5, 5.41) is 7.43. The Bertz CT molecular complexity index is 945. The summed E-state index contributed by atoms with van der Waals surface area (Å²) in [6.45, 7) is 4.00. The first-order valence-corrected chi connectivity index (χ1v) is 10.5. The zero-order chi connectivity index (χ0) is 20.8. The minimum atomic E-state index is -0.0110. The molecule has 0 saturated carbocycles. The highest BCUT2D eigenvalue weighted by molar-refractivity contribution is 5.92. The smallest absolute Gasteiger partial charge is 0.238 e. The van der Waals surface area contributed by atoms with E-state index in [1.807, 2.05) is 59.4 Å². The summed E-state index contributed by atoms with van der Waals surface area (Å²) in [6, 6.07) is 18.4. The second kappa shape index (κ2) is 9.59. The number of nitrogens with one attached hydrogen (secondary N) is 1. The van der Waals surface area contributed by atoms with E-state index < -0.39 is 0 Å². The van der Waals surface area contributed by atoms with Gasteiger partial charge in [0.25, 0.3) is 0 Å². The molecule has 0 bridgehead atoms. The fraction of sp³-hybridized carbons (Fsp3) is 0.333. The molecule has 3 aromatic rings. The van der Waals surface area contributed by atoms with Crippen LogP contribution < -0.4 is 10.2 Å². The van der Waals surface area contributed by atoms with Crippen molar-refractivity contribution in [2.24, 2.45) is 0 Å². The van der Waals surface area contributed by atoms with Gasteiger partial charge in [-0.3, -0.25) is 14.4 Å². The Morgan fingerprint density at radius 1 is 1.03 bits per heavy atom. The number of carbonyl (C=O) groups is 1. The van der Waals surface area contributed by atoms with E-state index >= 15 is 0 Å². The van der Waals surface area contributed by atoms with Gasteiger partial charge < -0.3 is 10.2 Å². The van der Waals surface area contributed by atoms with Gasteiger partial charge in [0.2, 0.25) is 5.91 Å². The van der Waals surface area contributed by atoms with Crippen molar-refractivity contribution in [2.75, 3.05) is 36.9 Å². The molecule has 0 aliphatic carbocycles. The van der Waals surface area contributed by atoms with Crippen LogP contribution >= 0.6 is 0 Å². The Kier molecular flexibility index (Phi) is 6.44. The lowest BCUT2D eigenvalue weighted by molar-refractivity contribution is -0.117. The third-order valence-electron chi connectivity index (χ3n) is 5.36. The van der Waals surface area contributed by atoms with Crippen LogP contribution in [0.1, 0.15) is 24.0 Å². The second-order valence-corrected chi connectivity index (χ2v) is 7.99. The molecule has 2 aromatic carbocycles. The Morgan fingerprint density at radius 2 is 1.77 bits per heavy atom. The minimum absolute atomic E-state index is 0.0110. The van der Waals surface area contributed by atoms with Gasteiger partial charge in [-0.1, -0.05) is 30.3 Å². The van der Waals surface area contributed by atoms with Gasteiger partial charge in [0.1, 0.15) is 0 Å². The van der Waals surface area contributed by atoms with Crippen molar-refractivity contribution in [3.8, 4) is 0 Å². The molecule has 0 spiro atoms. The van der Waals surface area contributed by atoms with Crippen LogP contribution in [0.2, 0.25) is 0 Å². The first-order valence-electron chi connectivity index (χ1n) is 10.5. The highest BCUT2D eigenvalue weighted by Crippen LogP contribution is 2.22. The van der Waals surface area contributed by atoms with Crippen LogP contribution in [-0.4, -0.2) is 47.3 Å². The average Bonchev–Trinajstić information content (AvgIpc) is 3.42. The Morgan fingerprint density at radius 3 is 2.50 bits per heavy atom. The number of likely N-dealkylation sites (N-methyl/N-ethyl adjacent to an activating group) is 1. The predicted molar refractivity (Wildman–Crippen MR) is 121 cm³/mol. The average molecular weight is 404 g/mol. The number of rotatable bonds is 8. The van der Waals surface area contributed by atoms with E-state index in [0.29, 0.717) is 13.1 Å². The third kappa shape index (κ3) is 5.48. The Balaban J connectivity index is 1.24. The van der Waals surface area contributed by atoms with Gasteiger partial charge in [-0.05, 0) is 49.7 Å². The normalized spacial score (nSPS) is 13.7. The summed E-state index contributed by atoms with van der Waals surface area (Å²) in [5.74, 6) is -0.0110. The number of nitrogens with zero attached hydrogens (tertiary/aromatic N) is 4. The zero-order valence-corrected chi connectivity index (χ0v) is 17.5. The maximum absolute atomic E-state index is 12.4. The maximum atomic E-state index is 12.4. The van der Waals surface area contributed by atoms with Crippen LogP contribution in [0.15, 0.2) is 67.0 Å². The quantitative estimate of drug-likeness (QED) is 0.624. The van der Waals surface area contributed by atoms with Gasteiger partial charge in [-0.15, -0.1) is 0 Å². The molecule has 0 atom stereocenters. The van der Waals surface area contributed by atoms with E-state index in [1.54, 1.807) is 0 Å². The van der Waals surface area contributed by atoms with Crippen molar-refractivity contribution in [2.45, 2.75) is 25.9 Å². The van der Waals surface area contributed by atoms with Crippen molar-refractivity contribution in [1.29, 1.82) is 0 Å². The molecular weight excluding hydrogens is 374 g/mol. The molecule has 156 valence electrons. The van der Waals surface area contributed by atoms with E-state index in [0.717, 1.165) is 30.9 Å². The van der Waals surface area contributed by atoms with E-state index in [2.05, 4.69) is 39.6 Å². The van der Waals surface area contributed by atoms with Crippen LogP contribution in [0.4, 0.5) is 11.4 Å². The number of aromatic nitrogens is 2. The molecule has 1 N–H and O–H groups in total. The fourth-order valence-electron chi connectivity index (χ4n) is 3.89. The van der Waals surface area contributed by atoms with Gasteiger partial charge in [-0.25, -0.2) is 0 Å². The molecule has 0 radical (unpaired) electrons. The monoisotopic (exact) mass is 403 g/mol. The summed E-state index contributed by atoms with van der Waals surface area (Å²) in [5.41, 5.74) is 4.38. The second-order valence-electron chi connectivity index (χ2n) is 7.99. The standard InChI is InChI=1S/C24H29N5O/c1-27(16-21-15-25-29(18-21)17-20-7-3-2-4-8-20)19-24(30)26-22-9-11-23(12-10-22)28-13-5-6-14-28/h2-4,7-12,15,18H,5-6,13-14,16-17,19H2,1H3,(H,26,30). The summed E-state index contributed by atoms with van der Waals surface area (Å²) >= 11 is 0. The molecule has 30 heavy (non-hydrogen) atoms. The van der Waals surface area contributed by atoms with E-state index in [9.17, 15) is 4.79 Å². The number of benzene rings is 2. The number of carbonyl (C=O) groups excluding carboxylic acids is 1. The van der Waals surface area contributed by atoms with Gasteiger partial charge >= 0.3 is 0 Å². The van der Waals surface area contributed by atoms with Gasteiger partial charge in [0.15, 0.2) is 0 Å². The SMILES string of the molecule is CN(CC(=O)Nc1ccc(N2CCCC2)cc1)Cc1cnn(Cc2ccccc2)c1. The van der Waals surface area contributed by atoms with E-state index in [-0.39, 0.29) is 5.91 Å². The van der Waals surface area contributed by atoms with Crippen molar-refractivity contribution in [3.63, 3.8) is 0 Å². The summed E-state index contributed by atoms with van der Waals surface area (Å²) in [4.78, 5) is 16.8.